The monoisotopic (exact) mass is 538 g/mol. The molecule has 0 radical (unpaired) electrons. The van der Waals surface area contributed by atoms with Crippen LogP contribution in [0.4, 0.5) is 5.82 Å². The lowest BCUT2D eigenvalue weighted by atomic mass is 10.0. The molecule has 1 aliphatic rings. The van der Waals surface area contributed by atoms with Gasteiger partial charge in [-0.2, -0.15) is 0 Å². The summed E-state index contributed by atoms with van der Waals surface area (Å²) in [7, 11) is 0. The molecule has 3 heterocycles. The average molecular weight is 540 g/mol. The molecule has 2 N–H and O–H groups in total. The van der Waals surface area contributed by atoms with Gasteiger partial charge in [0.25, 0.3) is 5.91 Å². The number of hydrogen-bond acceptors (Lipinski definition) is 6. The first-order valence-corrected chi connectivity index (χ1v) is 13.2. The van der Waals surface area contributed by atoms with Gasteiger partial charge in [0.1, 0.15) is 12.1 Å². The van der Waals surface area contributed by atoms with Gasteiger partial charge in [0.05, 0.1) is 32.6 Å². The maximum Gasteiger partial charge on any atom is 0.256 e. The molecule has 9 heteroatoms. The Morgan fingerprint density at radius 1 is 1.00 bits per heavy atom. The molecule has 0 saturated carbocycles. The molecule has 194 valence electrons. The van der Waals surface area contributed by atoms with E-state index < -0.39 is 0 Å². The Morgan fingerprint density at radius 3 is 2.24 bits per heavy atom. The van der Waals surface area contributed by atoms with Crippen LogP contribution in [0.25, 0.3) is 11.3 Å². The van der Waals surface area contributed by atoms with Crippen LogP contribution < -0.4 is 5.73 Å². The molecule has 4 rings (SSSR count). The molecule has 1 fully saturated rings. The number of amides is 1. The molecule has 1 saturated heterocycles. The van der Waals surface area contributed by atoms with Crippen molar-refractivity contribution in [2.45, 2.75) is 34.1 Å². The summed E-state index contributed by atoms with van der Waals surface area (Å²) in [5.41, 5.74) is 9.45. The number of likely N-dealkylation sites (N-methyl/N-ethyl adjacent to an activating group) is 1. The number of piperazine rings is 1. The number of nitrogen functional groups attached to an aromatic ring is 1. The van der Waals surface area contributed by atoms with Crippen LogP contribution in [0.2, 0.25) is 10.0 Å². The fraction of sp³-hybridized carbons (Fsp3) is 0.357. The highest BCUT2D eigenvalue weighted by Crippen LogP contribution is 2.34. The highest BCUT2D eigenvalue weighted by Gasteiger charge is 2.26. The van der Waals surface area contributed by atoms with Crippen molar-refractivity contribution in [1.82, 2.24) is 24.8 Å². The summed E-state index contributed by atoms with van der Waals surface area (Å²) in [6.45, 7) is 12.0. The van der Waals surface area contributed by atoms with Crippen molar-refractivity contribution in [3.63, 3.8) is 0 Å². The van der Waals surface area contributed by atoms with E-state index in [1.165, 1.54) is 6.33 Å². The second-order valence-corrected chi connectivity index (χ2v) is 8.98. The number of nitrogens with zero attached hydrogens (tertiary/aromatic N) is 5. The molecular formula is C28H32Cl2N6O. The lowest BCUT2D eigenvalue weighted by Gasteiger charge is -2.34. The van der Waals surface area contributed by atoms with Crippen LogP contribution in [0.5, 0.6) is 0 Å². The molecule has 3 aromatic rings. The van der Waals surface area contributed by atoms with Gasteiger partial charge in [-0.3, -0.25) is 4.79 Å². The summed E-state index contributed by atoms with van der Waals surface area (Å²) in [6.07, 6.45) is 3.78. The van der Waals surface area contributed by atoms with E-state index >= 15 is 0 Å². The van der Waals surface area contributed by atoms with Crippen molar-refractivity contribution in [3.8, 4) is 23.1 Å². The Morgan fingerprint density at radius 2 is 1.68 bits per heavy atom. The minimum absolute atomic E-state index is 0.157. The first-order valence-electron chi connectivity index (χ1n) is 12.5. The van der Waals surface area contributed by atoms with Crippen LogP contribution in [0.15, 0.2) is 36.8 Å². The first-order chi connectivity index (χ1) is 17.9. The number of anilines is 1. The standard InChI is InChI=1S/C26H26Cl2N6O.C2H6/c1-3-22-19(7-5-17-6-8-23(29)30-15-17)25(32-16-31-22)18-13-20(27)24(21(28)14-18)26(35)34-11-9-33(4-2)10-12-34;1-2/h6,8,13-16H,3-4,9-12H2,1-2H3,(H2,29,30);1-2H3. The van der Waals surface area contributed by atoms with Crippen molar-refractivity contribution >= 4 is 34.9 Å². The highest BCUT2D eigenvalue weighted by molar-refractivity contribution is 6.40. The van der Waals surface area contributed by atoms with Crippen molar-refractivity contribution in [1.29, 1.82) is 0 Å². The van der Waals surface area contributed by atoms with Crippen molar-refractivity contribution in [3.05, 3.63) is 69.2 Å². The van der Waals surface area contributed by atoms with Crippen molar-refractivity contribution in [2.24, 2.45) is 0 Å². The summed E-state index contributed by atoms with van der Waals surface area (Å²) in [4.78, 5) is 30.3. The van der Waals surface area contributed by atoms with E-state index in [2.05, 4.69) is 38.6 Å². The molecule has 0 bridgehead atoms. The number of aryl methyl sites for hydroxylation is 1. The van der Waals surface area contributed by atoms with Crippen molar-refractivity contribution in [2.75, 3.05) is 38.5 Å². The average Bonchev–Trinajstić information content (AvgIpc) is 2.93. The zero-order valence-electron chi connectivity index (χ0n) is 21.7. The summed E-state index contributed by atoms with van der Waals surface area (Å²) in [5.74, 6) is 6.56. The van der Waals surface area contributed by atoms with Gasteiger partial charge in [-0.25, -0.2) is 15.0 Å². The van der Waals surface area contributed by atoms with E-state index in [0.29, 0.717) is 47.7 Å². The first kappa shape index (κ1) is 28.4. The zero-order valence-corrected chi connectivity index (χ0v) is 23.2. The van der Waals surface area contributed by atoms with Gasteiger partial charge >= 0.3 is 0 Å². The number of carbonyl (C=O) groups is 1. The van der Waals surface area contributed by atoms with Crippen LogP contribution in [-0.4, -0.2) is 63.4 Å². The topological polar surface area (TPSA) is 88.2 Å². The zero-order chi connectivity index (χ0) is 26.9. The maximum atomic E-state index is 13.2. The minimum Gasteiger partial charge on any atom is -0.384 e. The smallest absolute Gasteiger partial charge is 0.256 e. The lowest BCUT2D eigenvalue weighted by molar-refractivity contribution is 0.0644. The van der Waals surface area contributed by atoms with E-state index in [0.717, 1.165) is 30.9 Å². The van der Waals surface area contributed by atoms with Crippen LogP contribution in [0.1, 0.15) is 54.9 Å². The van der Waals surface area contributed by atoms with Gasteiger partial charge in [-0.1, -0.05) is 62.7 Å². The molecule has 1 aliphatic heterocycles. The molecular weight excluding hydrogens is 507 g/mol. The van der Waals surface area contributed by atoms with Crippen LogP contribution in [0.3, 0.4) is 0 Å². The Labute approximate surface area is 229 Å². The molecule has 7 nitrogen and oxygen atoms in total. The van der Waals surface area contributed by atoms with E-state index in [9.17, 15) is 4.79 Å². The number of hydrogen-bond donors (Lipinski definition) is 1. The number of benzene rings is 1. The second-order valence-electron chi connectivity index (χ2n) is 8.16. The number of halogens is 2. The summed E-state index contributed by atoms with van der Waals surface area (Å²) < 4.78 is 0. The van der Waals surface area contributed by atoms with Gasteiger partial charge in [0.15, 0.2) is 0 Å². The molecule has 0 aliphatic carbocycles. The highest BCUT2D eigenvalue weighted by atomic mass is 35.5. The number of aromatic nitrogens is 3. The predicted octanol–water partition coefficient (Wildman–Crippen LogP) is 5.19. The minimum atomic E-state index is -0.157. The Hall–Kier alpha value is -3.18. The molecule has 1 amide bonds. The number of carbonyl (C=O) groups excluding carboxylic acids is 1. The third-order valence-corrected chi connectivity index (χ3v) is 6.61. The number of rotatable bonds is 4. The van der Waals surface area contributed by atoms with E-state index in [1.807, 2.05) is 20.8 Å². The number of pyridine rings is 1. The molecule has 0 spiro atoms. The van der Waals surface area contributed by atoms with E-state index in [4.69, 9.17) is 28.9 Å². The molecule has 37 heavy (non-hydrogen) atoms. The Kier molecular flexibility index (Phi) is 10.3. The van der Waals surface area contributed by atoms with E-state index in [1.54, 1.807) is 35.4 Å². The summed E-state index contributed by atoms with van der Waals surface area (Å²) in [6, 6.07) is 6.95. The third-order valence-electron chi connectivity index (χ3n) is 6.02. The van der Waals surface area contributed by atoms with E-state index in [-0.39, 0.29) is 16.0 Å². The largest absolute Gasteiger partial charge is 0.384 e. The molecule has 1 aromatic carbocycles. The summed E-state index contributed by atoms with van der Waals surface area (Å²) in [5, 5.41) is 0.572. The fourth-order valence-electron chi connectivity index (χ4n) is 3.99. The van der Waals surface area contributed by atoms with Gasteiger partial charge in [0, 0.05) is 43.5 Å². The molecule has 0 unspecified atom stereocenters. The second kappa shape index (κ2) is 13.4. The predicted molar refractivity (Wildman–Crippen MR) is 151 cm³/mol. The van der Waals surface area contributed by atoms with Crippen LogP contribution >= 0.6 is 23.2 Å². The maximum absolute atomic E-state index is 13.2. The lowest BCUT2D eigenvalue weighted by Crippen LogP contribution is -2.48. The molecule has 0 atom stereocenters. The SMILES string of the molecule is CC.CCc1ncnc(-c2cc(Cl)c(C(=O)N3CCN(CC)CC3)c(Cl)c2)c1C#Cc1ccc(N)nc1. The van der Waals surface area contributed by atoms with Gasteiger partial charge in [-0.05, 0) is 37.2 Å². The van der Waals surface area contributed by atoms with Crippen LogP contribution in [0, 0.1) is 11.8 Å². The van der Waals surface area contributed by atoms with Gasteiger partial charge < -0.3 is 15.5 Å². The quantitative estimate of drug-likeness (QED) is 0.459. The number of nitrogens with two attached hydrogens (primary N) is 1. The fourth-order valence-corrected chi connectivity index (χ4v) is 4.64. The molecule has 2 aromatic heterocycles. The Bertz CT molecular complexity index is 1270. The normalized spacial score (nSPS) is 13.3. The summed E-state index contributed by atoms with van der Waals surface area (Å²) >= 11 is 13.3. The Balaban J connectivity index is 0.00000186. The van der Waals surface area contributed by atoms with Gasteiger partial charge in [-0.15, -0.1) is 0 Å². The van der Waals surface area contributed by atoms with Crippen molar-refractivity contribution < 1.29 is 4.79 Å². The van der Waals surface area contributed by atoms with Gasteiger partial charge in [0.2, 0.25) is 0 Å². The third kappa shape index (κ3) is 6.78. The van der Waals surface area contributed by atoms with Crippen LogP contribution in [-0.2, 0) is 6.42 Å².